The number of hydrogen-bond donors (Lipinski definition) is 1. The molecule has 1 saturated heterocycles. The highest BCUT2D eigenvalue weighted by Gasteiger charge is 2.24. The topological polar surface area (TPSA) is 62.6 Å². The fourth-order valence-electron chi connectivity index (χ4n) is 4.53. The summed E-state index contributed by atoms with van der Waals surface area (Å²) in [6.07, 6.45) is 6.98. The average Bonchev–Trinajstić information content (AvgIpc) is 2.98. The second-order valence-electron chi connectivity index (χ2n) is 8.32. The van der Waals surface area contributed by atoms with Crippen molar-refractivity contribution < 1.29 is 9.53 Å². The zero-order chi connectivity index (χ0) is 19.9. The molecule has 1 saturated carbocycles. The zero-order valence-electron chi connectivity index (χ0n) is 17.9. The number of carbonyl (C=O) groups excluding carboxylic acids is 1. The van der Waals surface area contributed by atoms with Gasteiger partial charge < -0.3 is 15.0 Å². The monoisotopic (exact) mass is 391 g/mol. The van der Waals surface area contributed by atoms with E-state index >= 15 is 0 Å². The Balaban J connectivity index is 1.43. The average molecular weight is 392 g/mol. The maximum Gasteiger partial charge on any atom is 0.317 e. The van der Waals surface area contributed by atoms with Crippen LogP contribution in [0.3, 0.4) is 0 Å². The van der Waals surface area contributed by atoms with Crippen LogP contribution in [-0.2, 0) is 17.8 Å². The predicted octanol–water partition coefficient (Wildman–Crippen LogP) is 2.55. The van der Waals surface area contributed by atoms with Crippen LogP contribution >= 0.6 is 0 Å². The first kappa shape index (κ1) is 21.1. The molecule has 2 fully saturated rings. The molecule has 158 valence electrons. The number of aryl methyl sites for hydroxylation is 1. The molecule has 0 unspecified atom stereocenters. The van der Waals surface area contributed by atoms with Gasteiger partial charge in [0, 0.05) is 57.6 Å². The van der Waals surface area contributed by atoms with Crippen LogP contribution in [0.5, 0.6) is 0 Å². The lowest BCUT2D eigenvalue weighted by molar-refractivity contribution is 0.119. The minimum atomic E-state index is 0.0424. The molecule has 3 rings (SSSR count). The summed E-state index contributed by atoms with van der Waals surface area (Å²) in [6.45, 7) is 10.8. The van der Waals surface area contributed by atoms with E-state index in [4.69, 9.17) is 4.74 Å². The molecule has 1 aliphatic heterocycles. The molecule has 0 aromatic carbocycles. The number of rotatable bonds is 7. The number of methoxy groups -OCH3 is 1. The highest BCUT2D eigenvalue weighted by molar-refractivity contribution is 5.74. The van der Waals surface area contributed by atoms with Crippen LogP contribution in [0.1, 0.15) is 49.1 Å². The van der Waals surface area contributed by atoms with E-state index in [1.807, 2.05) is 16.5 Å². The minimum absolute atomic E-state index is 0.0424. The number of ether oxygens (including phenoxy) is 1. The normalized spacial score (nSPS) is 19.2. The molecule has 0 bridgehead atoms. The van der Waals surface area contributed by atoms with Crippen molar-refractivity contribution in [3.05, 3.63) is 17.0 Å². The third-order valence-corrected chi connectivity index (χ3v) is 6.36. The molecule has 1 aromatic rings. The van der Waals surface area contributed by atoms with Gasteiger partial charge in [-0.15, -0.1) is 0 Å². The summed E-state index contributed by atoms with van der Waals surface area (Å²) in [4.78, 5) is 17.1. The molecule has 1 aromatic heterocycles. The summed E-state index contributed by atoms with van der Waals surface area (Å²) in [5.41, 5.74) is 3.19. The highest BCUT2D eigenvalue weighted by Crippen LogP contribution is 2.24. The molecule has 7 heteroatoms. The van der Waals surface area contributed by atoms with Crippen molar-refractivity contribution in [2.24, 2.45) is 5.92 Å². The lowest BCUT2D eigenvalue weighted by atomic mass is 9.89. The Bertz CT molecular complexity index is 631. The SMILES string of the molecule is COCCn1nc(C)c(CNC(=O)N2CCN(CC3CCCCC3)CC2)c1C. The second-order valence-corrected chi connectivity index (χ2v) is 8.32. The van der Waals surface area contributed by atoms with E-state index in [9.17, 15) is 4.79 Å². The molecule has 2 amide bonds. The molecule has 7 nitrogen and oxygen atoms in total. The quantitative estimate of drug-likeness (QED) is 0.776. The predicted molar refractivity (Wildman–Crippen MR) is 110 cm³/mol. The van der Waals surface area contributed by atoms with E-state index < -0.39 is 0 Å². The van der Waals surface area contributed by atoms with Crippen molar-refractivity contribution in [3.8, 4) is 0 Å². The van der Waals surface area contributed by atoms with Gasteiger partial charge in [0.05, 0.1) is 18.8 Å². The van der Waals surface area contributed by atoms with Crippen molar-refractivity contribution in [3.63, 3.8) is 0 Å². The van der Waals surface area contributed by atoms with Gasteiger partial charge in [-0.1, -0.05) is 19.3 Å². The number of nitrogens with one attached hydrogen (secondary N) is 1. The molecular weight excluding hydrogens is 354 g/mol. The van der Waals surface area contributed by atoms with Crippen molar-refractivity contribution in [1.82, 2.24) is 24.9 Å². The summed E-state index contributed by atoms with van der Waals surface area (Å²) in [6, 6.07) is 0.0424. The summed E-state index contributed by atoms with van der Waals surface area (Å²) in [5.74, 6) is 0.870. The minimum Gasteiger partial charge on any atom is -0.383 e. The van der Waals surface area contributed by atoms with Gasteiger partial charge in [0.2, 0.25) is 0 Å². The maximum absolute atomic E-state index is 12.6. The van der Waals surface area contributed by atoms with Gasteiger partial charge in [-0.25, -0.2) is 4.79 Å². The van der Waals surface area contributed by atoms with Crippen molar-refractivity contribution in [1.29, 1.82) is 0 Å². The summed E-state index contributed by atoms with van der Waals surface area (Å²) in [7, 11) is 1.70. The Kier molecular flexibility index (Phi) is 7.73. The first-order valence-electron chi connectivity index (χ1n) is 10.9. The van der Waals surface area contributed by atoms with E-state index in [0.29, 0.717) is 13.2 Å². The second kappa shape index (κ2) is 10.3. The van der Waals surface area contributed by atoms with Crippen LogP contribution in [-0.4, -0.2) is 72.1 Å². The molecule has 0 radical (unpaired) electrons. The van der Waals surface area contributed by atoms with Gasteiger partial charge in [0.1, 0.15) is 0 Å². The van der Waals surface area contributed by atoms with Gasteiger partial charge in [0.15, 0.2) is 0 Å². The molecular formula is C21H37N5O2. The molecule has 0 spiro atoms. The number of nitrogens with zero attached hydrogens (tertiary/aromatic N) is 4. The van der Waals surface area contributed by atoms with Gasteiger partial charge in [-0.3, -0.25) is 9.58 Å². The van der Waals surface area contributed by atoms with Gasteiger partial charge in [-0.2, -0.15) is 5.10 Å². The largest absolute Gasteiger partial charge is 0.383 e. The van der Waals surface area contributed by atoms with Crippen LogP contribution in [0, 0.1) is 19.8 Å². The number of amides is 2. The third kappa shape index (κ3) is 5.47. The van der Waals surface area contributed by atoms with Crippen LogP contribution < -0.4 is 5.32 Å². The third-order valence-electron chi connectivity index (χ3n) is 6.36. The highest BCUT2D eigenvalue weighted by atomic mass is 16.5. The Morgan fingerprint density at radius 3 is 2.54 bits per heavy atom. The van der Waals surface area contributed by atoms with Crippen LogP contribution in [0.2, 0.25) is 0 Å². The Morgan fingerprint density at radius 1 is 1.14 bits per heavy atom. The van der Waals surface area contributed by atoms with Gasteiger partial charge in [-0.05, 0) is 32.6 Å². The fourth-order valence-corrected chi connectivity index (χ4v) is 4.53. The summed E-state index contributed by atoms with van der Waals surface area (Å²) in [5, 5.41) is 7.67. The standard InChI is InChI=1S/C21H37N5O2/c1-17-20(18(2)26(23-17)13-14-28-3)15-22-21(27)25-11-9-24(10-12-25)16-19-7-5-4-6-8-19/h19H,4-16H2,1-3H3,(H,22,27). The van der Waals surface area contributed by atoms with E-state index in [-0.39, 0.29) is 6.03 Å². The molecule has 1 N–H and O–H groups in total. The van der Waals surface area contributed by atoms with Crippen molar-refractivity contribution in [2.45, 2.75) is 59.0 Å². The Hall–Kier alpha value is -1.60. The lowest BCUT2D eigenvalue weighted by Crippen LogP contribution is -2.52. The number of urea groups is 1. The summed E-state index contributed by atoms with van der Waals surface area (Å²) >= 11 is 0. The van der Waals surface area contributed by atoms with E-state index in [2.05, 4.69) is 22.2 Å². The summed E-state index contributed by atoms with van der Waals surface area (Å²) < 4.78 is 7.11. The van der Waals surface area contributed by atoms with Crippen LogP contribution in [0.25, 0.3) is 0 Å². The maximum atomic E-state index is 12.6. The van der Waals surface area contributed by atoms with E-state index in [1.54, 1.807) is 7.11 Å². The van der Waals surface area contributed by atoms with Crippen LogP contribution in [0.4, 0.5) is 4.79 Å². The number of carbonyl (C=O) groups is 1. The fraction of sp³-hybridized carbons (Fsp3) is 0.810. The smallest absolute Gasteiger partial charge is 0.317 e. The number of hydrogen-bond acceptors (Lipinski definition) is 4. The van der Waals surface area contributed by atoms with Crippen molar-refractivity contribution in [2.75, 3.05) is 46.4 Å². The first-order chi connectivity index (χ1) is 13.6. The molecule has 2 heterocycles. The Morgan fingerprint density at radius 2 is 1.86 bits per heavy atom. The zero-order valence-corrected chi connectivity index (χ0v) is 17.9. The molecule has 2 aliphatic rings. The lowest BCUT2D eigenvalue weighted by Gasteiger charge is -2.37. The van der Waals surface area contributed by atoms with Crippen LogP contribution in [0.15, 0.2) is 0 Å². The number of piperazine rings is 1. The van der Waals surface area contributed by atoms with E-state index in [1.165, 1.54) is 38.6 Å². The number of aromatic nitrogens is 2. The molecule has 1 aliphatic carbocycles. The Labute approximate surface area is 169 Å². The van der Waals surface area contributed by atoms with Gasteiger partial charge in [0.25, 0.3) is 0 Å². The molecule has 0 atom stereocenters. The van der Waals surface area contributed by atoms with E-state index in [0.717, 1.165) is 55.6 Å². The van der Waals surface area contributed by atoms with Gasteiger partial charge >= 0.3 is 6.03 Å². The first-order valence-corrected chi connectivity index (χ1v) is 10.9. The van der Waals surface area contributed by atoms with Crippen molar-refractivity contribution >= 4 is 6.03 Å². The molecule has 28 heavy (non-hydrogen) atoms.